The number of benzene rings is 9. The van der Waals surface area contributed by atoms with Gasteiger partial charge in [0.25, 0.3) is 0 Å². The van der Waals surface area contributed by atoms with Crippen molar-refractivity contribution < 1.29 is 0 Å². The molecule has 1 aromatic heterocycles. The van der Waals surface area contributed by atoms with E-state index < -0.39 is 0 Å². The Balaban J connectivity index is 1.39. The summed E-state index contributed by atoms with van der Waals surface area (Å²) in [6.07, 6.45) is 0. The van der Waals surface area contributed by atoms with Crippen LogP contribution in [0.1, 0.15) is 5.56 Å². The van der Waals surface area contributed by atoms with Crippen LogP contribution in [0.4, 0.5) is 0 Å². The van der Waals surface area contributed by atoms with E-state index in [2.05, 4.69) is 152 Å². The van der Waals surface area contributed by atoms with Crippen molar-refractivity contribution in [2.24, 2.45) is 0 Å². The molecular formula is C48H28N2. The van der Waals surface area contributed by atoms with Crippen LogP contribution < -0.4 is 0 Å². The number of pyridine rings is 1. The minimum Gasteiger partial charge on any atom is -0.247 e. The van der Waals surface area contributed by atoms with Gasteiger partial charge >= 0.3 is 0 Å². The lowest BCUT2D eigenvalue weighted by molar-refractivity contribution is 1.42. The number of aromatic nitrogens is 1. The maximum Gasteiger partial charge on any atom is 0.0991 e. The van der Waals surface area contributed by atoms with Crippen LogP contribution in [0.15, 0.2) is 170 Å². The molecule has 0 aliphatic heterocycles. The molecule has 1 heterocycles. The van der Waals surface area contributed by atoms with E-state index in [0.29, 0.717) is 5.56 Å². The third kappa shape index (κ3) is 4.18. The summed E-state index contributed by atoms with van der Waals surface area (Å²) in [5.41, 5.74) is 8.38. The maximum atomic E-state index is 9.54. The molecule has 230 valence electrons. The van der Waals surface area contributed by atoms with Crippen LogP contribution in [0.3, 0.4) is 0 Å². The summed E-state index contributed by atoms with van der Waals surface area (Å²) in [6.45, 7) is 0. The van der Waals surface area contributed by atoms with Crippen molar-refractivity contribution in [3.8, 4) is 39.6 Å². The van der Waals surface area contributed by atoms with Gasteiger partial charge in [0, 0.05) is 21.7 Å². The predicted molar refractivity (Wildman–Crippen MR) is 210 cm³/mol. The standard InChI is InChI=1S/C48H28N2/c49-29-30-24-26-32(27-25-30)48-43-28-42(34-15-3-4-16-36(34)47(43)41-21-9-10-23-44(41)50-48)46-39-19-7-5-17-37(39)45(38-18-6-8-20-40(38)46)35-22-11-13-31-12-1-2-14-33(31)35/h1-28H. The third-order valence-corrected chi connectivity index (χ3v) is 10.3. The average Bonchev–Trinajstić information content (AvgIpc) is 3.19. The van der Waals surface area contributed by atoms with Crippen LogP contribution in [-0.2, 0) is 0 Å². The topological polar surface area (TPSA) is 36.7 Å². The van der Waals surface area contributed by atoms with Crippen LogP contribution in [0.5, 0.6) is 0 Å². The molecule has 0 spiro atoms. The highest BCUT2D eigenvalue weighted by Crippen LogP contribution is 2.49. The molecule has 10 aromatic rings. The first-order chi connectivity index (χ1) is 24.8. The molecule has 0 unspecified atom stereocenters. The zero-order valence-corrected chi connectivity index (χ0v) is 27.1. The van der Waals surface area contributed by atoms with E-state index in [0.717, 1.165) is 27.5 Å². The van der Waals surface area contributed by atoms with Gasteiger partial charge in [-0.1, -0.05) is 146 Å². The normalized spacial score (nSPS) is 11.6. The van der Waals surface area contributed by atoms with E-state index in [1.54, 1.807) is 0 Å². The molecule has 0 saturated heterocycles. The van der Waals surface area contributed by atoms with Crippen molar-refractivity contribution in [2.45, 2.75) is 0 Å². The molecule has 9 aromatic carbocycles. The fraction of sp³-hybridized carbons (Fsp3) is 0. The zero-order chi connectivity index (χ0) is 33.2. The minimum absolute atomic E-state index is 0.634. The highest BCUT2D eigenvalue weighted by Gasteiger charge is 2.22. The molecule has 0 saturated carbocycles. The number of fused-ring (bicyclic) bond motifs is 8. The van der Waals surface area contributed by atoms with Crippen LogP contribution >= 0.6 is 0 Å². The number of nitrogens with zero attached hydrogens (tertiary/aromatic N) is 2. The second kappa shape index (κ2) is 11.1. The van der Waals surface area contributed by atoms with E-state index >= 15 is 0 Å². The Bertz CT molecular complexity index is 2980. The molecule has 2 nitrogen and oxygen atoms in total. The second-order valence-electron chi connectivity index (χ2n) is 12.9. The summed E-state index contributed by atoms with van der Waals surface area (Å²) in [5.74, 6) is 0. The Labute approximate surface area is 289 Å². The molecule has 0 radical (unpaired) electrons. The average molecular weight is 633 g/mol. The summed E-state index contributed by atoms with van der Waals surface area (Å²) in [7, 11) is 0. The van der Waals surface area contributed by atoms with E-state index in [-0.39, 0.29) is 0 Å². The zero-order valence-electron chi connectivity index (χ0n) is 27.1. The van der Waals surface area contributed by atoms with Gasteiger partial charge in [-0.05, 0) is 89.6 Å². The van der Waals surface area contributed by atoms with Gasteiger partial charge in [-0.25, -0.2) is 4.98 Å². The van der Waals surface area contributed by atoms with Gasteiger partial charge in [0.15, 0.2) is 0 Å². The van der Waals surface area contributed by atoms with Crippen molar-refractivity contribution in [3.05, 3.63) is 175 Å². The highest BCUT2D eigenvalue weighted by molar-refractivity contribution is 6.30. The lowest BCUT2D eigenvalue weighted by Gasteiger charge is -2.21. The molecule has 0 aliphatic carbocycles. The van der Waals surface area contributed by atoms with Crippen LogP contribution in [0, 0.1) is 11.3 Å². The molecule has 0 fully saturated rings. The Morgan fingerprint density at radius 3 is 1.58 bits per heavy atom. The van der Waals surface area contributed by atoms with Gasteiger partial charge in [0.2, 0.25) is 0 Å². The van der Waals surface area contributed by atoms with E-state index in [4.69, 9.17) is 4.98 Å². The Hall–Kier alpha value is -6.82. The number of nitriles is 1. The molecule has 10 rings (SSSR count). The van der Waals surface area contributed by atoms with Gasteiger partial charge in [-0.3, -0.25) is 0 Å². The van der Waals surface area contributed by atoms with Crippen LogP contribution in [0.2, 0.25) is 0 Å². The molecule has 0 N–H and O–H groups in total. The molecule has 2 heteroatoms. The fourth-order valence-corrected chi connectivity index (χ4v) is 8.10. The Kier molecular flexibility index (Phi) is 6.28. The second-order valence-corrected chi connectivity index (χ2v) is 12.9. The first kappa shape index (κ1) is 28.2. The summed E-state index contributed by atoms with van der Waals surface area (Å²) < 4.78 is 0. The molecule has 0 aliphatic rings. The van der Waals surface area contributed by atoms with Gasteiger partial charge < -0.3 is 0 Å². The van der Waals surface area contributed by atoms with Gasteiger partial charge in [0.05, 0.1) is 22.8 Å². The molecule has 0 amide bonds. The molecule has 0 bridgehead atoms. The van der Waals surface area contributed by atoms with E-state index in [1.807, 2.05) is 24.3 Å². The number of hydrogen-bond donors (Lipinski definition) is 0. The minimum atomic E-state index is 0.634. The van der Waals surface area contributed by atoms with Gasteiger partial charge in [-0.15, -0.1) is 0 Å². The van der Waals surface area contributed by atoms with E-state index in [1.165, 1.54) is 70.7 Å². The number of hydrogen-bond acceptors (Lipinski definition) is 2. The first-order valence-corrected chi connectivity index (χ1v) is 17.0. The highest BCUT2D eigenvalue weighted by atomic mass is 14.7. The molecule has 50 heavy (non-hydrogen) atoms. The number of rotatable bonds is 3. The fourth-order valence-electron chi connectivity index (χ4n) is 8.10. The van der Waals surface area contributed by atoms with Crippen molar-refractivity contribution in [2.75, 3.05) is 0 Å². The van der Waals surface area contributed by atoms with Crippen LogP contribution in [-0.4, -0.2) is 4.98 Å². The first-order valence-electron chi connectivity index (χ1n) is 17.0. The Morgan fingerprint density at radius 2 is 0.920 bits per heavy atom. The van der Waals surface area contributed by atoms with Crippen molar-refractivity contribution in [1.29, 1.82) is 5.26 Å². The summed E-state index contributed by atoms with van der Waals surface area (Å²) >= 11 is 0. The largest absolute Gasteiger partial charge is 0.247 e. The van der Waals surface area contributed by atoms with Crippen molar-refractivity contribution in [1.82, 2.24) is 4.98 Å². The van der Waals surface area contributed by atoms with Crippen LogP contribution in [0.25, 0.3) is 98.3 Å². The Morgan fingerprint density at radius 1 is 0.400 bits per heavy atom. The quantitative estimate of drug-likeness (QED) is 0.144. The number of para-hydroxylation sites is 1. The van der Waals surface area contributed by atoms with Gasteiger partial charge in [-0.2, -0.15) is 5.26 Å². The van der Waals surface area contributed by atoms with Gasteiger partial charge in [0.1, 0.15) is 0 Å². The summed E-state index contributed by atoms with van der Waals surface area (Å²) in [4.78, 5) is 5.30. The lowest BCUT2D eigenvalue weighted by atomic mass is 9.82. The SMILES string of the molecule is N#Cc1ccc(-c2nc3ccccc3c3c2cc(-c2c4ccccc4c(-c4cccc5ccccc45)c4ccccc24)c2ccccc23)cc1. The molecular weight excluding hydrogens is 605 g/mol. The summed E-state index contributed by atoms with van der Waals surface area (Å²) in [5, 5.41) is 22.7. The van der Waals surface area contributed by atoms with Crippen molar-refractivity contribution >= 4 is 64.8 Å². The van der Waals surface area contributed by atoms with Crippen molar-refractivity contribution in [3.63, 3.8) is 0 Å². The third-order valence-electron chi connectivity index (χ3n) is 10.3. The lowest BCUT2D eigenvalue weighted by Crippen LogP contribution is -1.95. The smallest absolute Gasteiger partial charge is 0.0991 e. The monoisotopic (exact) mass is 632 g/mol. The maximum absolute atomic E-state index is 9.54. The predicted octanol–water partition coefficient (Wildman–Crippen LogP) is 12.9. The molecule has 0 atom stereocenters. The summed E-state index contributed by atoms with van der Waals surface area (Å²) in [6, 6.07) is 62.8. The van der Waals surface area contributed by atoms with E-state index in [9.17, 15) is 5.26 Å².